The first-order valence-electron chi connectivity index (χ1n) is 7.61. The molecule has 1 heterocycles. The average molecular weight is 412 g/mol. The number of hydrogen-bond acceptors (Lipinski definition) is 3. The molecule has 1 saturated heterocycles. The number of hydrogen-bond donors (Lipinski definition) is 1. The van der Waals surface area contributed by atoms with Crippen molar-refractivity contribution in [1.29, 1.82) is 0 Å². The van der Waals surface area contributed by atoms with E-state index in [2.05, 4.69) is 5.32 Å². The van der Waals surface area contributed by atoms with Crippen LogP contribution >= 0.6 is 34.8 Å². The summed E-state index contributed by atoms with van der Waals surface area (Å²) in [5.74, 6) is -0.910. The molecule has 1 unspecified atom stereocenters. The van der Waals surface area contributed by atoms with Crippen LogP contribution in [0.2, 0.25) is 15.1 Å². The molecule has 134 valence electrons. The lowest BCUT2D eigenvalue weighted by Gasteiger charge is -2.22. The molecule has 8 heteroatoms. The molecule has 1 aliphatic heterocycles. The topological polar surface area (TPSA) is 66.5 Å². The Hall–Kier alpha value is -2.08. The van der Waals surface area contributed by atoms with Gasteiger partial charge in [0, 0.05) is 10.6 Å². The number of nitrogens with one attached hydrogen (secondary N) is 1. The molecule has 3 amide bonds. The number of rotatable bonds is 4. The number of Topliss-reactive ketones (excluding diaryl/α,β-unsaturated/α-hetero) is 1. The number of ketones is 1. The van der Waals surface area contributed by atoms with E-state index in [1.54, 1.807) is 43.3 Å². The fourth-order valence-corrected chi connectivity index (χ4v) is 3.14. The first-order chi connectivity index (χ1) is 12.2. The lowest BCUT2D eigenvalue weighted by molar-refractivity contribution is -0.130. The van der Waals surface area contributed by atoms with Crippen molar-refractivity contribution in [1.82, 2.24) is 10.2 Å². The van der Waals surface area contributed by atoms with E-state index < -0.39 is 17.5 Å². The Bertz CT molecular complexity index is 914. The van der Waals surface area contributed by atoms with Gasteiger partial charge in [0.25, 0.3) is 5.91 Å². The molecule has 5 nitrogen and oxygen atoms in total. The van der Waals surface area contributed by atoms with E-state index in [0.717, 1.165) is 4.90 Å². The van der Waals surface area contributed by atoms with Crippen LogP contribution in [-0.4, -0.2) is 29.2 Å². The third-order valence-electron chi connectivity index (χ3n) is 4.24. The third-order valence-corrected chi connectivity index (χ3v) is 5.23. The van der Waals surface area contributed by atoms with Gasteiger partial charge in [0.2, 0.25) is 0 Å². The standard InChI is InChI=1S/C18H13Cl3N2O3/c1-18(11-4-7-13(20)14(21)8-11)16(25)23(17(26)22-18)9-15(24)10-2-5-12(19)6-3-10/h2-8H,9H2,1H3,(H,22,26). The summed E-state index contributed by atoms with van der Waals surface area (Å²) >= 11 is 17.7. The van der Waals surface area contributed by atoms with Gasteiger partial charge >= 0.3 is 6.03 Å². The number of imide groups is 1. The van der Waals surface area contributed by atoms with E-state index in [9.17, 15) is 14.4 Å². The van der Waals surface area contributed by atoms with Gasteiger partial charge in [0.05, 0.1) is 16.6 Å². The first-order valence-corrected chi connectivity index (χ1v) is 8.74. The van der Waals surface area contributed by atoms with Crippen LogP contribution in [0.15, 0.2) is 42.5 Å². The third kappa shape index (κ3) is 3.30. The number of amides is 3. The highest BCUT2D eigenvalue weighted by Crippen LogP contribution is 2.33. The predicted molar refractivity (Wildman–Crippen MR) is 99.8 cm³/mol. The van der Waals surface area contributed by atoms with Crippen LogP contribution in [0.25, 0.3) is 0 Å². The number of halogens is 3. The number of urea groups is 1. The van der Waals surface area contributed by atoms with E-state index in [1.807, 2.05) is 0 Å². The molecule has 1 aliphatic rings. The smallest absolute Gasteiger partial charge is 0.319 e. The van der Waals surface area contributed by atoms with Gasteiger partial charge in [-0.05, 0) is 48.9 Å². The van der Waals surface area contributed by atoms with Crippen molar-refractivity contribution in [3.05, 3.63) is 68.7 Å². The second-order valence-corrected chi connectivity index (χ2v) is 7.26. The summed E-state index contributed by atoms with van der Waals surface area (Å²) in [5.41, 5.74) is -0.490. The quantitative estimate of drug-likeness (QED) is 0.602. The van der Waals surface area contributed by atoms with Crippen molar-refractivity contribution < 1.29 is 14.4 Å². The normalized spacial score (nSPS) is 19.6. The summed E-state index contributed by atoms with van der Waals surface area (Å²) in [5, 5.41) is 3.72. The molecule has 3 rings (SSSR count). The minimum atomic E-state index is -1.33. The zero-order chi connectivity index (χ0) is 19.1. The molecule has 1 fully saturated rings. The van der Waals surface area contributed by atoms with Gasteiger partial charge in [0.1, 0.15) is 5.54 Å². The molecule has 1 N–H and O–H groups in total. The number of benzene rings is 2. The molecule has 0 spiro atoms. The summed E-state index contributed by atoms with van der Waals surface area (Å²) in [4.78, 5) is 38.4. The maximum atomic E-state index is 12.8. The number of carbonyl (C=O) groups excluding carboxylic acids is 3. The number of nitrogens with zero attached hydrogens (tertiary/aromatic N) is 1. The molecule has 0 aliphatic carbocycles. The van der Waals surface area contributed by atoms with Crippen LogP contribution in [0.1, 0.15) is 22.8 Å². The summed E-state index contributed by atoms with van der Waals surface area (Å²) in [6.45, 7) is 1.18. The zero-order valence-electron chi connectivity index (χ0n) is 13.6. The van der Waals surface area contributed by atoms with Crippen molar-refractivity contribution in [3.8, 4) is 0 Å². The SMILES string of the molecule is CC1(c2ccc(Cl)c(Cl)c2)NC(=O)N(CC(=O)c2ccc(Cl)cc2)C1=O. The first kappa shape index (κ1) is 18.7. The molecule has 26 heavy (non-hydrogen) atoms. The van der Waals surface area contributed by atoms with Gasteiger partial charge in [-0.2, -0.15) is 0 Å². The molecule has 0 bridgehead atoms. The van der Waals surface area contributed by atoms with E-state index in [0.29, 0.717) is 21.2 Å². The maximum absolute atomic E-state index is 12.8. The minimum absolute atomic E-state index is 0.267. The maximum Gasteiger partial charge on any atom is 0.325 e. The summed E-state index contributed by atoms with van der Waals surface area (Å²) in [6.07, 6.45) is 0. The molecule has 2 aromatic carbocycles. The Morgan fingerprint density at radius 3 is 2.31 bits per heavy atom. The highest BCUT2D eigenvalue weighted by Gasteiger charge is 2.49. The van der Waals surface area contributed by atoms with Crippen molar-refractivity contribution in [2.24, 2.45) is 0 Å². The highest BCUT2D eigenvalue weighted by molar-refractivity contribution is 6.42. The fourth-order valence-electron chi connectivity index (χ4n) is 2.71. The highest BCUT2D eigenvalue weighted by atomic mass is 35.5. The fraction of sp³-hybridized carbons (Fsp3) is 0.167. The van der Waals surface area contributed by atoms with E-state index >= 15 is 0 Å². The lowest BCUT2D eigenvalue weighted by Crippen LogP contribution is -2.41. The molecule has 0 saturated carbocycles. The Labute approximate surface area is 164 Å². The summed E-state index contributed by atoms with van der Waals surface area (Å²) < 4.78 is 0. The molecule has 0 aromatic heterocycles. The van der Waals surface area contributed by atoms with Gasteiger partial charge in [0.15, 0.2) is 5.78 Å². The summed E-state index contributed by atoms with van der Waals surface area (Å²) in [7, 11) is 0. The largest absolute Gasteiger partial charge is 0.325 e. The van der Waals surface area contributed by atoms with Crippen LogP contribution in [0, 0.1) is 0 Å². The van der Waals surface area contributed by atoms with Crippen LogP contribution in [0.5, 0.6) is 0 Å². The van der Waals surface area contributed by atoms with Crippen molar-refractivity contribution in [3.63, 3.8) is 0 Å². The average Bonchev–Trinajstić information content (AvgIpc) is 2.82. The van der Waals surface area contributed by atoms with Crippen molar-refractivity contribution >= 4 is 52.5 Å². The molecular formula is C18H13Cl3N2O3. The van der Waals surface area contributed by atoms with Crippen LogP contribution < -0.4 is 5.32 Å². The summed E-state index contributed by atoms with van der Waals surface area (Å²) in [6, 6.07) is 10.3. The molecular weight excluding hydrogens is 399 g/mol. The van der Waals surface area contributed by atoms with Crippen molar-refractivity contribution in [2.75, 3.05) is 6.54 Å². The predicted octanol–water partition coefficient (Wildman–Crippen LogP) is 4.30. The molecule has 2 aromatic rings. The van der Waals surface area contributed by atoms with Gasteiger partial charge < -0.3 is 5.32 Å². The number of carbonyl (C=O) groups is 3. The Kier molecular flexibility index (Phi) is 4.97. The second kappa shape index (κ2) is 6.91. The Morgan fingerprint density at radius 2 is 1.69 bits per heavy atom. The Balaban J connectivity index is 1.85. The second-order valence-electron chi connectivity index (χ2n) is 6.01. The van der Waals surface area contributed by atoms with Crippen LogP contribution in [-0.2, 0) is 10.3 Å². The van der Waals surface area contributed by atoms with Crippen LogP contribution in [0.3, 0.4) is 0 Å². The van der Waals surface area contributed by atoms with E-state index in [4.69, 9.17) is 34.8 Å². The monoisotopic (exact) mass is 410 g/mol. The van der Waals surface area contributed by atoms with E-state index in [-0.39, 0.29) is 17.4 Å². The minimum Gasteiger partial charge on any atom is -0.319 e. The van der Waals surface area contributed by atoms with Gasteiger partial charge in [-0.25, -0.2) is 4.79 Å². The van der Waals surface area contributed by atoms with Crippen LogP contribution in [0.4, 0.5) is 4.79 Å². The van der Waals surface area contributed by atoms with Gasteiger partial charge in [-0.1, -0.05) is 40.9 Å². The van der Waals surface area contributed by atoms with Gasteiger partial charge in [-0.15, -0.1) is 0 Å². The lowest BCUT2D eigenvalue weighted by atomic mass is 9.92. The van der Waals surface area contributed by atoms with Crippen molar-refractivity contribution in [2.45, 2.75) is 12.5 Å². The van der Waals surface area contributed by atoms with Gasteiger partial charge in [-0.3, -0.25) is 14.5 Å². The Morgan fingerprint density at radius 1 is 1.04 bits per heavy atom. The molecule has 0 radical (unpaired) electrons. The zero-order valence-corrected chi connectivity index (χ0v) is 15.8. The van der Waals surface area contributed by atoms with E-state index in [1.165, 1.54) is 6.07 Å². The molecule has 1 atom stereocenters.